The Morgan fingerprint density at radius 1 is 1.10 bits per heavy atom. The summed E-state index contributed by atoms with van der Waals surface area (Å²) >= 11 is 0. The van der Waals surface area contributed by atoms with Gasteiger partial charge in [0.25, 0.3) is 5.56 Å². The van der Waals surface area contributed by atoms with Crippen LogP contribution in [0.1, 0.15) is 16.7 Å². The van der Waals surface area contributed by atoms with Crippen LogP contribution < -0.4 is 16.2 Å². The number of aryl methyl sites for hydroxylation is 2. The van der Waals surface area contributed by atoms with Crippen LogP contribution in [-0.4, -0.2) is 25.8 Å². The summed E-state index contributed by atoms with van der Waals surface area (Å²) in [5.41, 5.74) is 4.83. The number of hydrogen-bond acceptors (Lipinski definition) is 4. The fourth-order valence-corrected chi connectivity index (χ4v) is 3.14. The number of anilines is 1. The Morgan fingerprint density at radius 3 is 2.74 bits per heavy atom. The van der Waals surface area contributed by atoms with Crippen LogP contribution in [0.25, 0.3) is 16.9 Å². The number of nitrogens with one attached hydrogen (secondary N) is 3. The molecule has 8 nitrogen and oxygen atoms in total. The molecule has 4 rings (SSSR count). The lowest BCUT2D eigenvalue weighted by Gasteiger charge is -2.10. The van der Waals surface area contributed by atoms with Gasteiger partial charge < -0.3 is 10.6 Å². The SMILES string of the molecule is Cc1ccc(NC(=O)NCc2ccnc(-n3[nH]cc(-c4cccnc4)c3=O)c2)cc1C. The average Bonchev–Trinajstić information content (AvgIpc) is 3.17. The Kier molecular flexibility index (Phi) is 5.61. The highest BCUT2D eigenvalue weighted by molar-refractivity contribution is 5.89. The first-order valence-corrected chi connectivity index (χ1v) is 9.79. The molecule has 0 aliphatic carbocycles. The van der Waals surface area contributed by atoms with Gasteiger partial charge in [-0.05, 0) is 60.9 Å². The molecule has 0 fully saturated rings. The molecule has 156 valence electrons. The lowest BCUT2D eigenvalue weighted by atomic mass is 10.1. The van der Waals surface area contributed by atoms with Gasteiger partial charge in [0.15, 0.2) is 5.82 Å². The van der Waals surface area contributed by atoms with Crippen LogP contribution in [0.4, 0.5) is 10.5 Å². The summed E-state index contributed by atoms with van der Waals surface area (Å²) in [7, 11) is 0. The summed E-state index contributed by atoms with van der Waals surface area (Å²) in [5.74, 6) is 0.439. The third kappa shape index (κ3) is 4.53. The zero-order chi connectivity index (χ0) is 21.8. The molecule has 2 amide bonds. The molecule has 0 saturated heterocycles. The van der Waals surface area contributed by atoms with E-state index in [1.165, 1.54) is 10.2 Å². The first-order chi connectivity index (χ1) is 15.0. The zero-order valence-electron chi connectivity index (χ0n) is 17.2. The highest BCUT2D eigenvalue weighted by Gasteiger charge is 2.11. The summed E-state index contributed by atoms with van der Waals surface area (Å²) in [6.45, 7) is 4.31. The largest absolute Gasteiger partial charge is 0.334 e. The van der Waals surface area contributed by atoms with Gasteiger partial charge in [-0.25, -0.2) is 14.5 Å². The number of H-pyrrole nitrogens is 1. The highest BCUT2D eigenvalue weighted by Crippen LogP contribution is 2.15. The Balaban J connectivity index is 1.45. The van der Waals surface area contributed by atoms with E-state index in [0.717, 1.165) is 22.4 Å². The maximum absolute atomic E-state index is 12.8. The van der Waals surface area contributed by atoms with Crippen molar-refractivity contribution in [3.63, 3.8) is 0 Å². The first-order valence-electron chi connectivity index (χ1n) is 9.79. The number of hydrogen-bond donors (Lipinski definition) is 3. The molecule has 3 N–H and O–H groups in total. The number of amides is 2. The fourth-order valence-electron chi connectivity index (χ4n) is 3.14. The second kappa shape index (κ2) is 8.66. The van der Waals surface area contributed by atoms with Crippen molar-refractivity contribution in [3.05, 3.63) is 94.3 Å². The summed E-state index contributed by atoms with van der Waals surface area (Å²) in [6, 6.07) is 12.6. The molecule has 0 unspecified atom stereocenters. The van der Waals surface area contributed by atoms with Gasteiger partial charge in [-0.2, -0.15) is 0 Å². The molecular formula is C23H22N6O2. The molecule has 1 aromatic carbocycles. The second-order valence-corrected chi connectivity index (χ2v) is 7.20. The third-order valence-corrected chi connectivity index (χ3v) is 5.00. The molecule has 0 aliphatic heterocycles. The van der Waals surface area contributed by atoms with Crippen LogP contribution in [0.2, 0.25) is 0 Å². The molecule has 8 heteroatoms. The quantitative estimate of drug-likeness (QED) is 0.464. The number of pyridine rings is 2. The maximum atomic E-state index is 12.8. The molecule has 31 heavy (non-hydrogen) atoms. The van der Waals surface area contributed by atoms with Crippen molar-refractivity contribution >= 4 is 11.7 Å². The van der Waals surface area contributed by atoms with Crippen molar-refractivity contribution in [3.8, 4) is 16.9 Å². The van der Waals surface area contributed by atoms with Crippen molar-refractivity contribution in [2.24, 2.45) is 0 Å². The molecular weight excluding hydrogens is 392 g/mol. The van der Waals surface area contributed by atoms with Gasteiger partial charge >= 0.3 is 6.03 Å². The predicted molar refractivity (Wildman–Crippen MR) is 119 cm³/mol. The maximum Gasteiger partial charge on any atom is 0.319 e. The molecule has 0 radical (unpaired) electrons. The van der Waals surface area contributed by atoms with Crippen molar-refractivity contribution in [1.82, 2.24) is 25.1 Å². The van der Waals surface area contributed by atoms with Crippen molar-refractivity contribution < 1.29 is 4.79 Å². The topological polar surface area (TPSA) is 105 Å². The molecule has 0 saturated carbocycles. The van der Waals surface area contributed by atoms with E-state index in [1.54, 1.807) is 43.0 Å². The minimum Gasteiger partial charge on any atom is -0.334 e. The fraction of sp³-hybridized carbons (Fsp3) is 0.130. The molecule has 4 aromatic rings. The van der Waals surface area contributed by atoms with Crippen LogP contribution in [0.5, 0.6) is 0 Å². The van der Waals surface area contributed by atoms with E-state index in [-0.39, 0.29) is 18.1 Å². The number of rotatable bonds is 5. The van der Waals surface area contributed by atoms with E-state index in [0.29, 0.717) is 11.4 Å². The van der Waals surface area contributed by atoms with E-state index in [2.05, 4.69) is 25.7 Å². The van der Waals surface area contributed by atoms with Crippen molar-refractivity contribution in [2.75, 3.05) is 5.32 Å². The second-order valence-electron chi connectivity index (χ2n) is 7.20. The van der Waals surface area contributed by atoms with Gasteiger partial charge in [-0.15, -0.1) is 0 Å². The van der Waals surface area contributed by atoms with E-state index < -0.39 is 0 Å². The van der Waals surface area contributed by atoms with Crippen LogP contribution >= 0.6 is 0 Å². The standard InChI is InChI=1S/C23H22N6O2/c1-15-5-6-19(10-16(15)2)28-23(31)26-12-17-7-9-25-21(11-17)29-22(30)20(14-27-29)18-4-3-8-24-13-18/h3-11,13-14,27H,12H2,1-2H3,(H2,26,28,31). The van der Waals surface area contributed by atoms with Gasteiger partial charge in [0.1, 0.15) is 0 Å². The van der Waals surface area contributed by atoms with E-state index >= 15 is 0 Å². The van der Waals surface area contributed by atoms with E-state index in [4.69, 9.17) is 0 Å². The van der Waals surface area contributed by atoms with Crippen LogP contribution in [0.15, 0.2) is 72.0 Å². The number of urea groups is 1. The average molecular weight is 414 g/mol. The summed E-state index contributed by atoms with van der Waals surface area (Å²) in [5, 5.41) is 8.58. The minimum atomic E-state index is -0.308. The smallest absolute Gasteiger partial charge is 0.319 e. The van der Waals surface area contributed by atoms with Gasteiger partial charge in [-0.3, -0.25) is 14.9 Å². The Morgan fingerprint density at radius 2 is 1.97 bits per heavy atom. The summed E-state index contributed by atoms with van der Waals surface area (Å²) < 4.78 is 1.36. The monoisotopic (exact) mass is 414 g/mol. The first kappa shape index (κ1) is 20.1. The third-order valence-electron chi connectivity index (χ3n) is 5.00. The van der Waals surface area contributed by atoms with Gasteiger partial charge in [0.2, 0.25) is 0 Å². The summed E-state index contributed by atoms with van der Waals surface area (Å²) in [4.78, 5) is 33.4. The molecule has 0 bridgehead atoms. The number of carbonyl (C=O) groups excluding carboxylic acids is 1. The number of aromatic nitrogens is 4. The van der Waals surface area contributed by atoms with E-state index in [1.807, 2.05) is 38.1 Å². The molecule has 0 atom stereocenters. The Hall–Kier alpha value is -4.20. The van der Waals surface area contributed by atoms with Crippen LogP contribution in [-0.2, 0) is 6.54 Å². The Labute approximate surface area is 179 Å². The number of aromatic amines is 1. The zero-order valence-corrected chi connectivity index (χ0v) is 17.2. The molecule has 3 aromatic heterocycles. The van der Waals surface area contributed by atoms with E-state index in [9.17, 15) is 9.59 Å². The molecule has 0 spiro atoms. The van der Waals surface area contributed by atoms with Crippen molar-refractivity contribution in [1.29, 1.82) is 0 Å². The number of carbonyl (C=O) groups is 1. The van der Waals surface area contributed by atoms with Gasteiger partial charge in [0.05, 0.1) is 5.56 Å². The van der Waals surface area contributed by atoms with Crippen LogP contribution in [0, 0.1) is 13.8 Å². The van der Waals surface area contributed by atoms with Gasteiger partial charge in [-0.1, -0.05) is 12.1 Å². The lowest BCUT2D eigenvalue weighted by molar-refractivity contribution is 0.251. The van der Waals surface area contributed by atoms with Gasteiger partial charge in [0, 0.05) is 42.6 Å². The normalized spacial score (nSPS) is 10.6. The number of nitrogens with zero attached hydrogens (tertiary/aromatic N) is 3. The minimum absolute atomic E-state index is 0.224. The Bertz CT molecular complexity index is 1280. The van der Waals surface area contributed by atoms with Crippen molar-refractivity contribution in [2.45, 2.75) is 20.4 Å². The lowest BCUT2D eigenvalue weighted by Crippen LogP contribution is -2.28. The highest BCUT2D eigenvalue weighted by atomic mass is 16.2. The van der Waals surface area contributed by atoms with Crippen LogP contribution in [0.3, 0.4) is 0 Å². The molecule has 0 aliphatic rings. The summed E-state index contributed by atoms with van der Waals surface area (Å²) in [6.07, 6.45) is 6.52. The number of benzene rings is 1. The predicted octanol–water partition coefficient (Wildman–Crippen LogP) is 3.56. The molecule has 3 heterocycles.